The van der Waals surface area contributed by atoms with E-state index in [9.17, 15) is 14.4 Å². The van der Waals surface area contributed by atoms with E-state index >= 15 is 0 Å². The minimum atomic E-state index is -1.08. The lowest BCUT2D eigenvalue weighted by Gasteiger charge is -2.07. The molecule has 1 rings (SSSR count). The van der Waals surface area contributed by atoms with Gasteiger partial charge in [0.05, 0.1) is 17.9 Å². The largest absolute Gasteiger partial charge is 0.481 e. The van der Waals surface area contributed by atoms with Crippen LogP contribution in [0.5, 0.6) is 0 Å². The number of nitrogens with zero attached hydrogens (tertiary/aromatic N) is 1. The molecule has 0 amide bonds. The van der Waals surface area contributed by atoms with Gasteiger partial charge in [-0.05, 0) is 38.0 Å². The fourth-order valence-electron chi connectivity index (χ4n) is 1.68. The number of benzene rings is 1. The quantitative estimate of drug-likeness (QED) is 0.360. The molecule has 8 heteroatoms. The minimum Gasteiger partial charge on any atom is -0.481 e. The number of carbonyl (C=O) groups is 3. The predicted octanol–water partition coefficient (Wildman–Crippen LogP) is 1.97. The molecule has 0 aliphatic heterocycles. The molecule has 0 fully saturated rings. The number of nitrogens with one attached hydrogen (secondary N) is 1. The summed E-state index contributed by atoms with van der Waals surface area (Å²) in [5.41, 5.74) is 3.11. The van der Waals surface area contributed by atoms with Crippen LogP contribution in [0.15, 0.2) is 29.4 Å². The second-order valence-corrected chi connectivity index (χ2v) is 4.52. The summed E-state index contributed by atoms with van der Waals surface area (Å²) in [6.45, 7) is 1.82. The number of carboxylic acid groups (broad SMARTS) is 2. The fraction of sp³-hybridized carbons (Fsp3) is 0.333. The highest BCUT2D eigenvalue weighted by molar-refractivity contribution is 6.36. The van der Waals surface area contributed by atoms with Gasteiger partial charge in [-0.15, -0.1) is 0 Å². The molecule has 0 unspecified atom stereocenters. The third kappa shape index (κ3) is 6.60. The van der Waals surface area contributed by atoms with E-state index in [2.05, 4.69) is 10.5 Å². The topological polar surface area (TPSA) is 125 Å². The Morgan fingerprint density at radius 3 is 2.57 bits per heavy atom. The standard InChI is InChI=1S/C15H18N2O6/c1-2-23-15(22)12(7-4-8-13(18)19)17-16-11-6-3-5-10(9-11)14(20)21/h3,5-6,9,16H,2,4,7-8H2,1H3,(H,18,19)(H,20,21)/b17-12+. The first-order chi connectivity index (χ1) is 10.9. The third-order valence-electron chi connectivity index (χ3n) is 2.74. The zero-order valence-corrected chi connectivity index (χ0v) is 12.6. The Balaban J connectivity index is 2.81. The lowest BCUT2D eigenvalue weighted by atomic mass is 10.1. The van der Waals surface area contributed by atoms with Gasteiger partial charge in [0, 0.05) is 6.42 Å². The number of aliphatic carboxylic acids is 1. The summed E-state index contributed by atoms with van der Waals surface area (Å²) < 4.78 is 4.86. The van der Waals surface area contributed by atoms with Crippen LogP contribution in [0.2, 0.25) is 0 Å². The van der Waals surface area contributed by atoms with Crippen molar-refractivity contribution in [3.8, 4) is 0 Å². The first-order valence-corrected chi connectivity index (χ1v) is 6.99. The molecule has 0 bridgehead atoms. The van der Waals surface area contributed by atoms with Crippen molar-refractivity contribution in [1.29, 1.82) is 0 Å². The molecule has 0 aliphatic carbocycles. The summed E-state index contributed by atoms with van der Waals surface area (Å²) in [5, 5.41) is 21.5. The van der Waals surface area contributed by atoms with Crippen LogP contribution in [0, 0.1) is 0 Å². The maximum atomic E-state index is 11.8. The summed E-state index contributed by atoms with van der Waals surface area (Å²) in [6.07, 6.45) is 0.285. The van der Waals surface area contributed by atoms with E-state index in [0.29, 0.717) is 5.69 Å². The minimum absolute atomic E-state index is 0.0498. The van der Waals surface area contributed by atoms with Crippen molar-refractivity contribution < 1.29 is 29.3 Å². The molecule has 0 saturated heterocycles. The average molecular weight is 322 g/mol. The van der Waals surface area contributed by atoms with Gasteiger partial charge in [-0.3, -0.25) is 10.2 Å². The van der Waals surface area contributed by atoms with E-state index in [4.69, 9.17) is 14.9 Å². The molecular weight excluding hydrogens is 304 g/mol. The van der Waals surface area contributed by atoms with E-state index < -0.39 is 17.9 Å². The van der Waals surface area contributed by atoms with Gasteiger partial charge in [0.2, 0.25) is 0 Å². The van der Waals surface area contributed by atoms with Crippen LogP contribution in [0.1, 0.15) is 36.5 Å². The van der Waals surface area contributed by atoms with Gasteiger partial charge < -0.3 is 14.9 Å². The number of hydrogen-bond donors (Lipinski definition) is 3. The highest BCUT2D eigenvalue weighted by Crippen LogP contribution is 2.11. The van der Waals surface area contributed by atoms with E-state index in [1.807, 2.05) is 0 Å². The molecule has 0 atom stereocenters. The number of rotatable bonds is 9. The number of anilines is 1. The Labute approximate surface area is 132 Å². The van der Waals surface area contributed by atoms with Crippen LogP contribution in [0.3, 0.4) is 0 Å². The van der Waals surface area contributed by atoms with Crippen molar-refractivity contribution in [3.63, 3.8) is 0 Å². The summed E-state index contributed by atoms with van der Waals surface area (Å²) in [4.78, 5) is 33.2. The third-order valence-corrected chi connectivity index (χ3v) is 2.74. The Morgan fingerprint density at radius 2 is 1.96 bits per heavy atom. The molecular formula is C15H18N2O6. The second kappa shape index (κ2) is 9.19. The van der Waals surface area contributed by atoms with Gasteiger partial charge in [0.1, 0.15) is 5.71 Å². The summed E-state index contributed by atoms with van der Waals surface area (Å²) >= 11 is 0. The first kappa shape index (κ1) is 18.1. The number of carbonyl (C=O) groups excluding carboxylic acids is 1. The van der Waals surface area contributed by atoms with Gasteiger partial charge in [-0.25, -0.2) is 9.59 Å². The lowest BCUT2D eigenvalue weighted by Crippen LogP contribution is -2.19. The van der Waals surface area contributed by atoms with Crippen LogP contribution in [-0.4, -0.2) is 40.4 Å². The number of carboxylic acids is 2. The summed E-state index contributed by atoms with van der Waals surface area (Å²) in [6, 6.07) is 5.92. The highest BCUT2D eigenvalue weighted by Gasteiger charge is 2.13. The van der Waals surface area contributed by atoms with Crippen molar-refractivity contribution in [2.75, 3.05) is 12.0 Å². The molecule has 23 heavy (non-hydrogen) atoms. The molecule has 3 N–H and O–H groups in total. The average Bonchev–Trinajstić information content (AvgIpc) is 2.50. The van der Waals surface area contributed by atoms with Gasteiger partial charge in [-0.1, -0.05) is 6.07 Å². The predicted molar refractivity (Wildman–Crippen MR) is 82.6 cm³/mol. The number of hydrazone groups is 1. The molecule has 8 nitrogen and oxygen atoms in total. The van der Waals surface area contributed by atoms with Gasteiger partial charge in [0.25, 0.3) is 0 Å². The Hall–Kier alpha value is -2.90. The van der Waals surface area contributed by atoms with Crippen molar-refractivity contribution in [2.45, 2.75) is 26.2 Å². The number of ether oxygens (including phenoxy) is 1. The first-order valence-electron chi connectivity index (χ1n) is 6.99. The van der Waals surface area contributed by atoms with Crippen LogP contribution in [0.4, 0.5) is 5.69 Å². The normalized spacial score (nSPS) is 10.9. The fourth-order valence-corrected chi connectivity index (χ4v) is 1.68. The van der Waals surface area contributed by atoms with Gasteiger partial charge >= 0.3 is 17.9 Å². The Bertz CT molecular complexity index is 612. The zero-order valence-electron chi connectivity index (χ0n) is 12.6. The van der Waals surface area contributed by atoms with E-state index in [0.717, 1.165) is 0 Å². The van der Waals surface area contributed by atoms with Crippen molar-refractivity contribution in [3.05, 3.63) is 29.8 Å². The monoisotopic (exact) mass is 322 g/mol. The van der Waals surface area contributed by atoms with Crippen LogP contribution >= 0.6 is 0 Å². The maximum Gasteiger partial charge on any atom is 0.354 e. The molecule has 0 saturated carbocycles. The molecule has 0 radical (unpaired) electrons. The zero-order chi connectivity index (χ0) is 17.2. The molecule has 0 spiro atoms. The van der Waals surface area contributed by atoms with Gasteiger partial charge in [0.15, 0.2) is 0 Å². The van der Waals surface area contributed by atoms with Crippen molar-refractivity contribution >= 4 is 29.3 Å². The summed E-state index contributed by atoms with van der Waals surface area (Å²) in [7, 11) is 0. The van der Waals surface area contributed by atoms with Crippen molar-refractivity contribution in [1.82, 2.24) is 0 Å². The number of hydrogen-bond acceptors (Lipinski definition) is 6. The van der Waals surface area contributed by atoms with Crippen LogP contribution in [-0.2, 0) is 14.3 Å². The Morgan fingerprint density at radius 1 is 1.22 bits per heavy atom. The summed E-state index contributed by atoms with van der Waals surface area (Å²) in [5.74, 6) is -2.68. The molecule has 1 aromatic rings. The maximum absolute atomic E-state index is 11.8. The second-order valence-electron chi connectivity index (χ2n) is 4.52. The number of esters is 1. The van der Waals surface area contributed by atoms with E-state index in [1.54, 1.807) is 13.0 Å². The molecule has 0 heterocycles. The van der Waals surface area contributed by atoms with Crippen LogP contribution < -0.4 is 5.43 Å². The molecule has 0 aliphatic rings. The van der Waals surface area contributed by atoms with E-state index in [-0.39, 0.29) is 37.1 Å². The smallest absolute Gasteiger partial charge is 0.354 e. The SMILES string of the molecule is CCOC(=O)/C(CCCC(=O)O)=N/Nc1cccc(C(=O)O)c1. The van der Waals surface area contributed by atoms with Crippen LogP contribution in [0.25, 0.3) is 0 Å². The molecule has 124 valence electrons. The van der Waals surface area contributed by atoms with Crippen molar-refractivity contribution in [2.24, 2.45) is 5.10 Å². The Kier molecular flexibility index (Phi) is 7.25. The highest BCUT2D eigenvalue weighted by atomic mass is 16.5. The molecule has 1 aromatic carbocycles. The molecule has 0 aromatic heterocycles. The van der Waals surface area contributed by atoms with Gasteiger partial charge in [-0.2, -0.15) is 5.10 Å². The lowest BCUT2D eigenvalue weighted by molar-refractivity contribution is -0.137. The number of aromatic carboxylic acids is 1. The van der Waals surface area contributed by atoms with E-state index in [1.165, 1.54) is 18.2 Å².